The van der Waals surface area contributed by atoms with Crippen molar-refractivity contribution in [3.63, 3.8) is 0 Å². The molecule has 1 aliphatic rings. The van der Waals surface area contributed by atoms with Gasteiger partial charge in [-0.05, 0) is 29.5 Å². The summed E-state index contributed by atoms with van der Waals surface area (Å²) in [4.78, 5) is 40.1. The van der Waals surface area contributed by atoms with Crippen LogP contribution in [0.25, 0.3) is 10.2 Å². The quantitative estimate of drug-likeness (QED) is 0.612. The molecule has 4 heterocycles. The number of thiophene rings is 1. The van der Waals surface area contributed by atoms with Gasteiger partial charge in [0, 0.05) is 37.3 Å². The van der Waals surface area contributed by atoms with Crippen molar-refractivity contribution in [1.82, 2.24) is 25.2 Å². The van der Waals surface area contributed by atoms with E-state index >= 15 is 0 Å². The largest absolute Gasteiger partial charge is 0.351 e. The third-order valence-corrected chi connectivity index (χ3v) is 6.12. The monoisotopic (exact) mass is 456 g/mol. The van der Waals surface area contributed by atoms with Crippen molar-refractivity contribution >= 4 is 39.3 Å². The first kappa shape index (κ1) is 22.1. The zero-order valence-electron chi connectivity index (χ0n) is 18.2. The van der Waals surface area contributed by atoms with Crippen LogP contribution in [0.5, 0.6) is 0 Å². The van der Waals surface area contributed by atoms with Gasteiger partial charge in [-0.25, -0.2) is 14.4 Å². The predicted molar refractivity (Wildman–Crippen MR) is 121 cm³/mol. The average molecular weight is 457 g/mol. The Morgan fingerprint density at radius 3 is 2.84 bits per heavy atom. The Kier molecular flexibility index (Phi) is 6.05. The highest BCUT2D eigenvalue weighted by atomic mass is 32.1. The highest BCUT2D eigenvalue weighted by molar-refractivity contribution is 7.17. The van der Waals surface area contributed by atoms with Crippen LogP contribution in [-0.2, 0) is 11.3 Å². The standard InChI is InChI=1S/C22H25FN6O2S/c1-22(2,3)20(31)26-15-4-6-29(12-15)19(30)17-18-16(5-7-32-18)27-21(28-17)25-10-13-8-14(23)11-24-9-13/h5,7-9,11,15H,4,6,10,12H2,1-3H3,(H,26,31)(H,25,27,28). The summed E-state index contributed by atoms with van der Waals surface area (Å²) in [7, 11) is 0. The fourth-order valence-corrected chi connectivity index (χ4v) is 4.25. The number of carbonyl (C=O) groups excluding carboxylic acids is 2. The number of amides is 2. The first-order valence-electron chi connectivity index (χ1n) is 10.4. The molecule has 0 aromatic carbocycles. The normalized spacial score (nSPS) is 16.4. The fraction of sp³-hybridized carbons (Fsp3) is 0.409. The molecule has 1 aliphatic heterocycles. The van der Waals surface area contributed by atoms with Crippen LogP contribution < -0.4 is 10.6 Å². The fourth-order valence-electron chi connectivity index (χ4n) is 3.44. The molecule has 4 rings (SSSR count). The van der Waals surface area contributed by atoms with E-state index in [-0.39, 0.29) is 24.4 Å². The minimum atomic E-state index is -0.481. The van der Waals surface area contributed by atoms with Gasteiger partial charge in [0.1, 0.15) is 5.82 Å². The second-order valence-electron chi connectivity index (χ2n) is 8.86. The molecule has 168 valence electrons. The minimum absolute atomic E-state index is 0.0298. The number of fused-ring (bicyclic) bond motifs is 1. The van der Waals surface area contributed by atoms with Gasteiger partial charge in [0.2, 0.25) is 11.9 Å². The molecule has 1 fully saturated rings. The molecule has 0 radical (unpaired) electrons. The molecular weight excluding hydrogens is 431 g/mol. The Balaban J connectivity index is 1.50. The predicted octanol–water partition coefficient (Wildman–Crippen LogP) is 3.21. The molecule has 1 unspecified atom stereocenters. The summed E-state index contributed by atoms with van der Waals surface area (Å²) >= 11 is 1.41. The Bertz CT molecular complexity index is 1160. The number of nitrogens with one attached hydrogen (secondary N) is 2. The van der Waals surface area contributed by atoms with Crippen molar-refractivity contribution in [1.29, 1.82) is 0 Å². The second-order valence-corrected chi connectivity index (χ2v) is 9.77. The number of hydrogen-bond donors (Lipinski definition) is 2. The smallest absolute Gasteiger partial charge is 0.274 e. The van der Waals surface area contributed by atoms with E-state index in [4.69, 9.17) is 0 Å². The van der Waals surface area contributed by atoms with Gasteiger partial charge in [-0.1, -0.05) is 20.8 Å². The van der Waals surface area contributed by atoms with Crippen LogP contribution in [0, 0.1) is 11.2 Å². The first-order chi connectivity index (χ1) is 15.2. The van der Waals surface area contributed by atoms with Crippen LogP contribution in [0.4, 0.5) is 10.3 Å². The summed E-state index contributed by atoms with van der Waals surface area (Å²) in [6.45, 7) is 6.85. The molecule has 32 heavy (non-hydrogen) atoms. The maximum atomic E-state index is 13.4. The summed E-state index contributed by atoms with van der Waals surface area (Å²) in [6.07, 6.45) is 3.40. The molecule has 0 spiro atoms. The third kappa shape index (κ3) is 4.85. The first-order valence-corrected chi connectivity index (χ1v) is 11.3. The van der Waals surface area contributed by atoms with Crippen molar-refractivity contribution < 1.29 is 14.0 Å². The molecule has 0 bridgehead atoms. The van der Waals surface area contributed by atoms with Gasteiger partial charge in [0.25, 0.3) is 5.91 Å². The van der Waals surface area contributed by atoms with Crippen molar-refractivity contribution in [3.05, 3.63) is 47.0 Å². The van der Waals surface area contributed by atoms with E-state index < -0.39 is 11.2 Å². The SMILES string of the molecule is CC(C)(C)C(=O)NC1CCN(C(=O)c2nc(NCc3cncc(F)c3)nc3ccsc23)C1. The maximum Gasteiger partial charge on any atom is 0.274 e. The van der Waals surface area contributed by atoms with E-state index in [9.17, 15) is 14.0 Å². The molecule has 1 saturated heterocycles. The number of likely N-dealkylation sites (tertiary alicyclic amines) is 1. The summed E-state index contributed by atoms with van der Waals surface area (Å²) in [5.41, 5.74) is 1.16. The minimum Gasteiger partial charge on any atom is -0.351 e. The van der Waals surface area contributed by atoms with E-state index in [0.29, 0.717) is 42.2 Å². The van der Waals surface area contributed by atoms with Gasteiger partial charge in [-0.15, -0.1) is 11.3 Å². The van der Waals surface area contributed by atoms with E-state index in [1.807, 2.05) is 32.2 Å². The lowest BCUT2D eigenvalue weighted by Gasteiger charge is -2.22. The number of nitrogens with zero attached hydrogens (tertiary/aromatic N) is 4. The number of anilines is 1. The topological polar surface area (TPSA) is 100 Å². The molecular formula is C22H25FN6O2S. The van der Waals surface area contributed by atoms with Crippen LogP contribution in [-0.4, -0.2) is 50.8 Å². The van der Waals surface area contributed by atoms with Gasteiger partial charge in [0.05, 0.1) is 16.4 Å². The number of hydrogen-bond acceptors (Lipinski definition) is 7. The van der Waals surface area contributed by atoms with Crippen LogP contribution in [0.2, 0.25) is 0 Å². The summed E-state index contributed by atoms with van der Waals surface area (Å²) in [5.74, 6) is -0.350. The van der Waals surface area contributed by atoms with Crippen molar-refractivity contribution in [2.45, 2.75) is 39.8 Å². The van der Waals surface area contributed by atoms with Gasteiger partial charge in [0.15, 0.2) is 5.69 Å². The van der Waals surface area contributed by atoms with Crippen molar-refractivity contribution in [3.8, 4) is 0 Å². The molecule has 3 aromatic rings. The lowest BCUT2D eigenvalue weighted by atomic mass is 9.95. The number of halogens is 1. The number of carbonyl (C=O) groups is 2. The third-order valence-electron chi connectivity index (χ3n) is 5.21. The Hall–Kier alpha value is -3.14. The van der Waals surface area contributed by atoms with Crippen LogP contribution in [0.1, 0.15) is 43.2 Å². The van der Waals surface area contributed by atoms with E-state index in [1.165, 1.54) is 17.4 Å². The van der Waals surface area contributed by atoms with Crippen molar-refractivity contribution in [2.24, 2.45) is 5.41 Å². The van der Waals surface area contributed by atoms with Crippen LogP contribution in [0.15, 0.2) is 29.9 Å². The number of aromatic nitrogens is 3. The number of rotatable bonds is 5. The Morgan fingerprint density at radius 1 is 1.28 bits per heavy atom. The second kappa shape index (κ2) is 8.78. The molecule has 0 aliphatic carbocycles. The highest BCUT2D eigenvalue weighted by Gasteiger charge is 2.32. The number of pyridine rings is 1. The molecule has 2 N–H and O–H groups in total. The molecule has 1 atom stereocenters. The van der Waals surface area contributed by atoms with E-state index in [0.717, 1.165) is 10.9 Å². The lowest BCUT2D eigenvalue weighted by molar-refractivity contribution is -0.129. The summed E-state index contributed by atoms with van der Waals surface area (Å²) in [5, 5.41) is 7.95. The lowest BCUT2D eigenvalue weighted by Crippen LogP contribution is -2.43. The Labute approximate surface area is 189 Å². The van der Waals surface area contributed by atoms with E-state index in [1.54, 1.807) is 11.1 Å². The molecule has 3 aromatic heterocycles. The molecule has 0 saturated carbocycles. The zero-order chi connectivity index (χ0) is 22.9. The van der Waals surface area contributed by atoms with Gasteiger partial charge < -0.3 is 15.5 Å². The maximum absolute atomic E-state index is 13.4. The molecule has 10 heteroatoms. The van der Waals surface area contributed by atoms with E-state index in [2.05, 4.69) is 25.6 Å². The van der Waals surface area contributed by atoms with Crippen molar-refractivity contribution in [2.75, 3.05) is 18.4 Å². The van der Waals surface area contributed by atoms with Gasteiger partial charge in [-0.2, -0.15) is 0 Å². The van der Waals surface area contributed by atoms with Gasteiger partial charge in [-0.3, -0.25) is 14.6 Å². The summed E-state index contributed by atoms with van der Waals surface area (Å²) in [6, 6.07) is 3.14. The Morgan fingerprint density at radius 2 is 2.09 bits per heavy atom. The summed E-state index contributed by atoms with van der Waals surface area (Å²) < 4.78 is 14.1. The molecule has 8 nitrogen and oxygen atoms in total. The van der Waals surface area contributed by atoms with Gasteiger partial charge >= 0.3 is 0 Å². The van der Waals surface area contributed by atoms with Crippen LogP contribution >= 0.6 is 11.3 Å². The highest BCUT2D eigenvalue weighted by Crippen LogP contribution is 2.26. The molecule has 2 amide bonds. The van der Waals surface area contributed by atoms with Crippen LogP contribution in [0.3, 0.4) is 0 Å². The average Bonchev–Trinajstić information content (AvgIpc) is 3.40. The zero-order valence-corrected chi connectivity index (χ0v) is 19.0.